The minimum Gasteiger partial charge on any atom is -0.493 e. The van der Waals surface area contributed by atoms with Crippen LogP contribution in [0.1, 0.15) is 163 Å². The van der Waals surface area contributed by atoms with Crippen LogP contribution < -0.4 is 9.47 Å². The van der Waals surface area contributed by atoms with Gasteiger partial charge in [0.15, 0.2) is 0 Å². The minimum atomic E-state index is -0.494. The van der Waals surface area contributed by atoms with E-state index in [1.165, 1.54) is 70.6 Å². The summed E-state index contributed by atoms with van der Waals surface area (Å²) in [6, 6.07) is 21.9. The zero-order chi connectivity index (χ0) is 38.2. The highest BCUT2D eigenvalue weighted by Gasteiger charge is 2.18. The zero-order valence-corrected chi connectivity index (χ0v) is 33.0. The molecule has 0 bridgehead atoms. The lowest BCUT2D eigenvalue weighted by Gasteiger charge is -2.20. The summed E-state index contributed by atoms with van der Waals surface area (Å²) < 4.78 is 23.0. The molecule has 1 saturated carbocycles. The van der Waals surface area contributed by atoms with Gasteiger partial charge in [-0.3, -0.25) is 4.79 Å². The van der Waals surface area contributed by atoms with Crippen molar-refractivity contribution in [2.75, 3.05) is 13.2 Å². The van der Waals surface area contributed by atoms with E-state index >= 15 is 0 Å². The maximum absolute atomic E-state index is 13.2. The van der Waals surface area contributed by atoms with Crippen molar-refractivity contribution >= 4 is 17.9 Å². The molecule has 1 aliphatic rings. The summed E-state index contributed by atoms with van der Waals surface area (Å²) in [4.78, 5) is 37.9. The highest BCUT2D eigenvalue weighted by molar-refractivity contribution is 5.93. The molecule has 54 heavy (non-hydrogen) atoms. The monoisotopic (exact) mass is 740 g/mol. The Morgan fingerprint density at radius 1 is 0.667 bits per heavy atom. The Hall–Kier alpha value is -4.13. The lowest BCUT2D eigenvalue weighted by molar-refractivity contribution is -0.145. The third-order valence-electron chi connectivity index (χ3n) is 10.4. The van der Waals surface area contributed by atoms with Gasteiger partial charge in [0.1, 0.15) is 11.5 Å². The third kappa shape index (κ3) is 16.1. The molecule has 0 aromatic heterocycles. The van der Waals surface area contributed by atoms with E-state index in [4.69, 9.17) is 18.9 Å². The number of hydrogen-bond acceptors (Lipinski definition) is 7. The molecule has 7 nitrogen and oxygen atoms in total. The molecule has 3 aromatic carbocycles. The fraction of sp³-hybridized carbons (Fsp3) is 0.553. The van der Waals surface area contributed by atoms with Crippen LogP contribution in [0.3, 0.4) is 0 Å². The van der Waals surface area contributed by atoms with Crippen LogP contribution in [-0.4, -0.2) is 37.2 Å². The summed E-state index contributed by atoms with van der Waals surface area (Å²) in [5.74, 6) is 0.672. The van der Waals surface area contributed by atoms with E-state index in [1.807, 2.05) is 43.3 Å². The molecule has 0 saturated heterocycles. The molecule has 0 spiro atoms. The van der Waals surface area contributed by atoms with Crippen LogP contribution in [0.2, 0.25) is 0 Å². The Morgan fingerprint density at radius 2 is 1.30 bits per heavy atom. The van der Waals surface area contributed by atoms with Crippen LogP contribution in [0.25, 0.3) is 11.1 Å². The number of esters is 3. The Balaban J connectivity index is 1.14. The average molecular weight is 741 g/mol. The summed E-state index contributed by atoms with van der Waals surface area (Å²) in [5.41, 5.74) is 2.76. The van der Waals surface area contributed by atoms with Crippen molar-refractivity contribution in [3.63, 3.8) is 0 Å². The summed E-state index contributed by atoms with van der Waals surface area (Å²) in [6.07, 6.45) is 22.1. The molecule has 4 rings (SSSR count). The van der Waals surface area contributed by atoms with E-state index in [1.54, 1.807) is 36.4 Å². The van der Waals surface area contributed by atoms with Gasteiger partial charge in [0, 0.05) is 12.0 Å². The Bertz CT molecular complexity index is 1510. The molecule has 0 amide bonds. The van der Waals surface area contributed by atoms with Crippen molar-refractivity contribution in [1.82, 2.24) is 0 Å². The lowest BCUT2D eigenvalue weighted by atomic mass is 9.87. The topological polar surface area (TPSA) is 88.1 Å². The number of unbranched alkanes of at least 4 members (excludes halogenated alkanes) is 11. The van der Waals surface area contributed by atoms with Crippen molar-refractivity contribution in [2.45, 2.75) is 148 Å². The van der Waals surface area contributed by atoms with Crippen LogP contribution in [0, 0.1) is 5.92 Å². The zero-order valence-electron chi connectivity index (χ0n) is 33.0. The predicted octanol–water partition coefficient (Wildman–Crippen LogP) is 12.5. The Labute approximate surface area is 324 Å². The third-order valence-corrected chi connectivity index (χ3v) is 10.4. The van der Waals surface area contributed by atoms with Crippen LogP contribution >= 0.6 is 0 Å². The molecule has 7 heteroatoms. The molecule has 1 aliphatic carbocycles. The number of carbonyl (C=O) groups excluding carboxylic acids is 3. The van der Waals surface area contributed by atoms with Gasteiger partial charge in [-0.25, -0.2) is 9.59 Å². The molecule has 1 fully saturated rings. The van der Waals surface area contributed by atoms with E-state index < -0.39 is 5.97 Å². The first-order valence-electron chi connectivity index (χ1n) is 20.9. The number of hydrogen-bond donors (Lipinski definition) is 0. The molecule has 0 N–H and O–H groups in total. The number of carbonyl (C=O) groups is 3. The van der Waals surface area contributed by atoms with E-state index in [0.29, 0.717) is 48.2 Å². The van der Waals surface area contributed by atoms with Crippen LogP contribution in [0.15, 0.2) is 72.8 Å². The minimum absolute atomic E-state index is 0.00509. The molecule has 3 aromatic rings. The molecular formula is C47H64O7. The van der Waals surface area contributed by atoms with Crippen molar-refractivity contribution in [2.24, 2.45) is 5.92 Å². The molecule has 0 heterocycles. The molecule has 1 atom stereocenters. The number of rotatable bonds is 25. The highest BCUT2D eigenvalue weighted by atomic mass is 16.5. The van der Waals surface area contributed by atoms with Crippen molar-refractivity contribution < 1.29 is 33.3 Å². The Morgan fingerprint density at radius 3 is 1.98 bits per heavy atom. The SMILES string of the molecule is CCCCCCC(C)OC(=O)c1ccc(OC(=O)c2ccc(-c3ccccc3)c(OCCCCCCCCCCCOC(=O)CC3CCCCC3)c2)cc1. The van der Waals surface area contributed by atoms with E-state index in [2.05, 4.69) is 6.92 Å². The second-order valence-electron chi connectivity index (χ2n) is 15.0. The summed E-state index contributed by atoms with van der Waals surface area (Å²) in [6.45, 7) is 5.23. The van der Waals surface area contributed by atoms with Gasteiger partial charge >= 0.3 is 17.9 Å². The second-order valence-corrected chi connectivity index (χ2v) is 15.0. The smallest absolute Gasteiger partial charge is 0.343 e. The molecule has 294 valence electrons. The molecule has 0 radical (unpaired) electrons. The van der Waals surface area contributed by atoms with Crippen LogP contribution in [-0.2, 0) is 14.3 Å². The molecule has 1 unspecified atom stereocenters. The Kier molecular flexibility index (Phi) is 19.8. The van der Waals surface area contributed by atoms with Gasteiger partial charge in [-0.1, -0.05) is 121 Å². The number of benzene rings is 3. The van der Waals surface area contributed by atoms with E-state index in [9.17, 15) is 14.4 Å². The maximum atomic E-state index is 13.2. The van der Waals surface area contributed by atoms with Crippen molar-refractivity contribution in [3.05, 3.63) is 83.9 Å². The largest absolute Gasteiger partial charge is 0.493 e. The maximum Gasteiger partial charge on any atom is 0.343 e. The predicted molar refractivity (Wildman–Crippen MR) is 216 cm³/mol. The summed E-state index contributed by atoms with van der Waals surface area (Å²) in [5, 5.41) is 0. The first-order chi connectivity index (χ1) is 26.4. The summed E-state index contributed by atoms with van der Waals surface area (Å²) >= 11 is 0. The van der Waals surface area contributed by atoms with Gasteiger partial charge in [-0.05, 0) is 99.4 Å². The van der Waals surface area contributed by atoms with Gasteiger partial charge in [0.25, 0.3) is 0 Å². The van der Waals surface area contributed by atoms with E-state index in [-0.39, 0.29) is 18.0 Å². The van der Waals surface area contributed by atoms with Crippen LogP contribution in [0.5, 0.6) is 11.5 Å². The highest BCUT2D eigenvalue weighted by Crippen LogP contribution is 2.32. The molecular weight excluding hydrogens is 677 g/mol. The quantitative estimate of drug-likeness (QED) is 0.0485. The van der Waals surface area contributed by atoms with E-state index in [0.717, 1.165) is 62.5 Å². The average Bonchev–Trinajstić information content (AvgIpc) is 3.19. The van der Waals surface area contributed by atoms with Crippen molar-refractivity contribution in [1.29, 1.82) is 0 Å². The van der Waals surface area contributed by atoms with Gasteiger partial charge in [-0.2, -0.15) is 0 Å². The first-order valence-corrected chi connectivity index (χ1v) is 20.9. The normalized spacial score (nSPS) is 13.6. The van der Waals surface area contributed by atoms with Gasteiger partial charge in [0.2, 0.25) is 0 Å². The van der Waals surface area contributed by atoms with Crippen molar-refractivity contribution in [3.8, 4) is 22.6 Å². The second kappa shape index (κ2) is 25.0. The number of ether oxygens (including phenoxy) is 4. The fourth-order valence-electron chi connectivity index (χ4n) is 7.11. The van der Waals surface area contributed by atoms with Gasteiger partial charge < -0.3 is 18.9 Å². The fourth-order valence-corrected chi connectivity index (χ4v) is 7.11. The van der Waals surface area contributed by atoms with Crippen LogP contribution in [0.4, 0.5) is 0 Å². The molecule has 0 aliphatic heterocycles. The standard InChI is InChI=1S/C47H64O7/c1-3-4-5-15-22-37(2)53-46(49)40-27-30-42(31-28-40)54-47(50)41-29-32-43(39-25-18-14-19-26-39)44(36-41)51-33-20-11-9-7-6-8-10-12-21-34-52-45(48)35-38-23-16-13-17-24-38/h14,18-19,25-32,36-38H,3-13,15-17,20-24,33-35H2,1-2H3. The lowest BCUT2D eigenvalue weighted by Crippen LogP contribution is -2.15. The van der Waals surface area contributed by atoms with Gasteiger partial charge in [0.05, 0.1) is 30.4 Å². The van der Waals surface area contributed by atoms with Gasteiger partial charge in [-0.15, -0.1) is 0 Å². The summed E-state index contributed by atoms with van der Waals surface area (Å²) in [7, 11) is 0. The first kappa shape index (κ1) is 42.6.